The lowest BCUT2D eigenvalue weighted by Crippen LogP contribution is -2.41. The number of aromatic nitrogens is 4. The van der Waals surface area contributed by atoms with Gasteiger partial charge in [-0.2, -0.15) is 10.1 Å². The molecule has 8 nitrogen and oxygen atoms in total. The van der Waals surface area contributed by atoms with Crippen molar-refractivity contribution < 1.29 is 9.59 Å². The number of hydrogen-bond acceptors (Lipinski definition) is 6. The Balaban J connectivity index is 1.59. The summed E-state index contributed by atoms with van der Waals surface area (Å²) in [5, 5.41) is 5.92. The molecule has 9 heteroatoms. The van der Waals surface area contributed by atoms with Crippen LogP contribution >= 0.6 is 11.3 Å². The minimum absolute atomic E-state index is 0.230. The van der Waals surface area contributed by atoms with Gasteiger partial charge in [0.1, 0.15) is 6.33 Å². The Hall–Kier alpha value is -2.81. The van der Waals surface area contributed by atoms with Gasteiger partial charge in [0.05, 0.1) is 4.88 Å². The standard InChI is InChI=1S/C15H16N6O2S/c1-9-11(10(2)21-15(18-9)16-8-17-21)5-6-13(22)19-20-14(23)12-4-3-7-24-12/h3-4,7-8H,5-6H2,1-2H3,(H,19,22)(H,20,23). The van der Waals surface area contributed by atoms with E-state index in [-0.39, 0.29) is 18.2 Å². The Kier molecular flexibility index (Phi) is 4.52. The number of nitrogens with one attached hydrogen (secondary N) is 2. The minimum atomic E-state index is -0.323. The lowest BCUT2D eigenvalue weighted by atomic mass is 10.1. The molecule has 0 saturated carbocycles. The molecule has 0 bridgehead atoms. The van der Waals surface area contributed by atoms with Crippen LogP contribution in [0.15, 0.2) is 23.8 Å². The van der Waals surface area contributed by atoms with Gasteiger partial charge in [-0.25, -0.2) is 9.50 Å². The van der Waals surface area contributed by atoms with Gasteiger partial charge in [0, 0.05) is 17.8 Å². The molecule has 0 radical (unpaired) electrons. The van der Waals surface area contributed by atoms with E-state index in [1.165, 1.54) is 17.7 Å². The van der Waals surface area contributed by atoms with Crippen molar-refractivity contribution in [2.45, 2.75) is 26.7 Å². The molecule has 0 aliphatic carbocycles. The Morgan fingerprint density at radius 2 is 2.12 bits per heavy atom. The summed E-state index contributed by atoms with van der Waals surface area (Å²) in [5.74, 6) is -0.0461. The highest BCUT2D eigenvalue weighted by molar-refractivity contribution is 7.12. The summed E-state index contributed by atoms with van der Waals surface area (Å²) in [6, 6.07) is 3.47. The number of fused-ring (bicyclic) bond motifs is 1. The maximum atomic E-state index is 11.9. The highest BCUT2D eigenvalue weighted by Crippen LogP contribution is 2.14. The van der Waals surface area contributed by atoms with Crippen LogP contribution in [0.2, 0.25) is 0 Å². The van der Waals surface area contributed by atoms with E-state index in [1.54, 1.807) is 22.0 Å². The fourth-order valence-electron chi connectivity index (χ4n) is 2.41. The lowest BCUT2D eigenvalue weighted by molar-refractivity contribution is -0.121. The van der Waals surface area contributed by atoms with E-state index in [2.05, 4.69) is 25.9 Å². The predicted molar refractivity (Wildman–Crippen MR) is 88.5 cm³/mol. The van der Waals surface area contributed by atoms with E-state index in [4.69, 9.17) is 0 Å². The molecule has 0 atom stereocenters. The third kappa shape index (κ3) is 3.25. The second-order valence-corrected chi connectivity index (χ2v) is 6.16. The van der Waals surface area contributed by atoms with Gasteiger partial charge in [-0.15, -0.1) is 11.3 Å². The number of nitrogens with zero attached hydrogens (tertiary/aromatic N) is 4. The highest BCUT2D eigenvalue weighted by Gasteiger charge is 2.13. The molecule has 0 aliphatic heterocycles. The number of carbonyl (C=O) groups is 2. The first kappa shape index (κ1) is 16.1. The van der Waals surface area contributed by atoms with Gasteiger partial charge in [-0.05, 0) is 37.3 Å². The highest BCUT2D eigenvalue weighted by atomic mass is 32.1. The summed E-state index contributed by atoms with van der Waals surface area (Å²) in [6.07, 6.45) is 2.18. The molecule has 0 saturated heterocycles. The summed E-state index contributed by atoms with van der Waals surface area (Å²) < 4.78 is 1.65. The SMILES string of the molecule is Cc1nc2ncnn2c(C)c1CCC(=O)NNC(=O)c1cccs1. The van der Waals surface area contributed by atoms with E-state index < -0.39 is 0 Å². The summed E-state index contributed by atoms with van der Waals surface area (Å²) >= 11 is 1.31. The molecule has 3 aromatic heterocycles. The molecular weight excluding hydrogens is 328 g/mol. The number of carbonyl (C=O) groups excluding carboxylic acids is 2. The smallest absolute Gasteiger partial charge is 0.273 e. The molecule has 0 aliphatic rings. The first-order valence-corrected chi connectivity index (χ1v) is 8.22. The molecule has 124 valence electrons. The van der Waals surface area contributed by atoms with Gasteiger partial charge in [-0.1, -0.05) is 6.07 Å². The van der Waals surface area contributed by atoms with Crippen LogP contribution in [-0.4, -0.2) is 31.4 Å². The Morgan fingerprint density at radius 3 is 2.88 bits per heavy atom. The van der Waals surface area contributed by atoms with Crippen LogP contribution in [0.3, 0.4) is 0 Å². The maximum Gasteiger partial charge on any atom is 0.279 e. The average Bonchev–Trinajstić information content (AvgIpc) is 3.23. The fraction of sp³-hybridized carbons (Fsp3) is 0.267. The third-order valence-corrected chi connectivity index (χ3v) is 4.52. The van der Waals surface area contributed by atoms with E-state index in [0.29, 0.717) is 17.1 Å². The number of hydrogen-bond donors (Lipinski definition) is 2. The maximum absolute atomic E-state index is 11.9. The number of rotatable bonds is 4. The Bertz CT molecular complexity index is 887. The van der Waals surface area contributed by atoms with Crippen LogP contribution in [0, 0.1) is 13.8 Å². The number of amides is 2. The molecule has 0 fully saturated rings. The molecular formula is C15H16N6O2S. The van der Waals surface area contributed by atoms with Gasteiger partial charge in [0.15, 0.2) is 0 Å². The van der Waals surface area contributed by atoms with Crippen molar-refractivity contribution in [3.05, 3.63) is 45.7 Å². The van der Waals surface area contributed by atoms with Crippen molar-refractivity contribution in [1.29, 1.82) is 0 Å². The van der Waals surface area contributed by atoms with Crippen LogP contribution in [0.1, 0.15) is 33.0 Å². The van der Waals surface area contributed by atoms with Crippen molar-refractivity contribution >= 4 is 28.9 Å². The van der Waals surface area contributed by atoms with Crippen LogP contribution in [-0.2, 0) is 11.2 Å². The van der Waals surface area contributed by atoms with Crippen molar-refractivity contribution in [3.63, 3.8) is 0 Å². The van der Waals surface area contributed by atoms with Crippen molar-refractivity contribution in [2.24, 2.45) is 0 Å². The second-order valence-electron chi connectivity index (χ2n) is 5.21. The van der Waals surface area contributed by atoms with E-state index in [9.17, 15) is 9.59 Å². The molecule has 0 unspecified atom stereocenters. The molecule has 2 N–H and O–H groups in total. The van der Waals surface area contributed by atoms with E-state index >= 15 is 0 Å². The lowest BCUT2D eigenvalue weighted by Gasteiger charge is -2.10. The molecule has 0 aromatic carbocycles. The Labute approximate surface area is 141 Å². The van der Waals surface area contributed by atoms with E-state index in [1.807, 2.05) is 13.8 Å². The van der Waals surface area contributed by atoms with Crippen LogP contribution in [0.25, 0.3) is 5.78 Å². The summed E-state index contributed by atoms with van der Waals surface area (Å²) in [7, 11) is 0. The largest absolute Gasteiger partial charge is 0.279 e. The van der Waals surface area contributed by atoms with Crippen LogP contribution < -0.4 is 10.9 Å². The predicted octanol–water partition coefficient (Wildman–Crippen LogP) is 1.20. The van der Waals surface area contributed by atoms with Crippen molar-refractivity contribution in [1.82, 2.24) is 30.4 Å². The molecule has 3 rings (SSSR count). The fourth-order valence-corrected chi connectivity index (χ4v) is 3.03. The van der Waals surface area contributed by atoms with Crippen molar-refractivity contribution in [3.8, 4) is 0 Å². The first-order chi connectivity index (χ1) is 11.6. The normalized spacial score (nSPS) is 10.8. The summed E-state index contributed by atoms with van der Waals surface area (Å²) in [4.78, 5) is 32.7. The summed E-state index contributed by atoms with van der Waals surface area (Å²) in [6.45, 7) is 3.80. The second kappa shape index (κ2) is 6.75. The van der Waals surface area contributed by atoms with Gasteiger partial charge in [0.2, 0.25) is 5.91 Å². The van der Waals surface area contributed by atoms with Crippen LogP contribution in [0.5, 0.6) is 0 Å². The number of hydrazine groups is 1. The van der Waals surface area contributed by atoms with Gasteiger partial charge in [0.25, 0.3) is 11.7 Å². The quantitative estimate of drug-likeness (QED) is 0.693. The van der Waals surface area contributed by atoms with Crippen molar-refractivity contribution in [2.75, 3.05) is 0 Å². The minimum Gasteiger partial charge on any atom is -0.273 e. The zero-order valence-electron chi connectivity index (χ0n) is 13.2. The molecule has 3 aromatic rings. The topological polar surface area (TPSA) is 101 Å². The van der Waals surface area contributed by atoms with E-state index in [0.717, 1.165) is 17.0 Å². The average molecular weight is 344 g/mol. The zero-order chi connectivity index (χ0) is 17.1. The Morgan fingerprint density at radius 1 is 1.29 bits per heavy atom. The van der Waals surface area contributed by atoms with Gasteiger partial charge in [-0.3, -0.25) is 20.4 Å². The monoisotopic (exact) mass is 344 g/mol. The first-order valence-electron chi connectivity index (χ1n) is 7.34. The van der Waals surface area contributed by atoms with Gasteiger partial charge >= 0.3 is 0 Å². The molecule has 2 amide bonds. The molecule has 3 heterocycles. The number of thiophene rings is 1. The number of aryl methyl sites for hydroxylation is 2. The third-order valence-electron chi connectivity index (χ3n) is 3.65. The molecule has 0 spiro atoms. The zero-order valence-corrected chi connectivity index (χ0v) is 14.1. The van der Waals surface area contributed by atoms with Crippen LogP contribution in [0.4, 0.5) is 0 Å². The van der Waals surface area contributed by atoms with Gasteiger partial charge < -0.3 is 0 Å². The molecule has 24 heavy (non-hydrogen) atoms. The summed E-state index contributed by atoms with van der Waals surface area (Å²) in [5.41, 5.74) is 7.51.